The Morgan fingerprint density at radius 2 is 1.75 bits per heavy atom. The number of rotatable bonds is 4. The zero-order chi connectivity index (χ0) is 22.9. The van der Waals surface area contributed by atoms with Crippen LogP contribution in [0.2, 0.25) is 0 Å². The smallest absolute Gasteiger partial charge is 0.337 e. The molecule has 0 spiro atoms. The number of benzene rings is 2. The number of carbonyl (C=O) groups is 1. The fraction of sp³-hybridized carbons (Fsp3) is 0.318. The zero-order valence-electron chi connectivity index (χ0n) is 17.1. The van der Waals surface area contributed by atoms with Crippen molar-refractivity contribution in [1.82, 2.24) is 19.9 Å². The van der Waals surface area contributed by atoms with Gasteiger partial charge < -0.3 is 9.42 Å². The second-order valence-corrected chi connectivity index (χ2v) is 7.55. The lowest BCUT2D eigenvalue weighted by Crippen LogP contribution is -2.49. The Morgan fingerprint density at radius 3 is 2.41 bits per heavy atom. The van der Waals surface area contributed by atoms with Gasteiger partial charge in [-0.3, -0.25) is 9.69 Å². The van der Waals surface area contributed by atoms with Crippen LogP contribution >= 0.6 is 0 Å². The topological polar surface area (TPSA) is 62.5 Å². The molecule has 1 amide bonds. The summed E-state index contributed by atoms with van der Waals surface area (Å²) in [4.78, 5) is 20.6. The monoisotopic (exact) mass is 448 g/mol. The summed E-state index contributed by atoms with van der Waals surface area (Å²) in [5, 5.41) is 3.84. The van der Waals surface area contributed by atoms with Gasteiger partial charge in [0, 0.05) is 37.3 Å². The first-order valence-electron chi connectivity index (χ1n) is 10.0. The second-order valence-electron chi connectivity index (χ2n) is 7.55. The minimum absolute atomic E-state index is 0.0862. The van der Waals surface area contributed by atoms with E-state index in [4.69, 9.17) is 4.52 Å². The van der Waals surface area contributed by atoms with E-state index in [1.165, 1.54) is 36.4 Å². The van der Waals surface area contributed by atoms with Crippen LogP contribution in [0.5, 0.6) is 0 Å². The third-order valence-corrected chi connectivity index (χ3v) is 5.49. The molecule has 2 aromatic carbocycles. The molecule has 168 valence electrons. The molecular formula is C22H20F4N4O2. The van der Waals surface area contributed by atoms with Crippen LogP contribution in [0, 0.1) is 5.82 Å². The fourth-order valence-electron chi connectivity index (χ4n) is 3.60. The molecule has 1 atom stereocenters. The van der Waals surface area contributed by atoms with E-state index in [1.807, 2.05) is 6.92 Å². The van der Waals surface area contributed by atoms with E-state index in [2.05, 4.69) is 15.0 Å². The molecule has 6 nitrogen and oxygen atoms in total. The van der Waals surface area contributed by atoms with Crippen LogP contribution in [0.1, 0.15) is 34.8 Å². The van der Waals surface area contributed by atoms with E-state index >= 15 is 0 Å². The van der Waals surface area contributed by atoms with Crippen LogP contribution in [0.4, 0.5) is 17.6 Å². The second kappa shape index (κ2) is 8.70. The predicted molar refractivity (Wildman–Crippen MR) is 107 cm³/mol. The molecule has 1 fully saturated rings. The van der Waals surface area contributed by atoms with E-state index in [1.54, 1.807) is 4.90 Å². The van der Waals surface area contributed by atoms with Crippen LogP contribution in [0.25, 0.3) is 11.4 Å². The van der Waals surface area contributed by atoms with Crippen molar-refractivity contribution >= 4 is 5.91 Å². The maximum atomic E-state index is 13.1. The van der Waals surface area contributed by atoms with E-state index < -0.39 is 17.6 Å². The first kappa shape index (κ1) is 21.9. The quantitative estimate of drug-likeness (QED) is 0.554. The molecule has 0 bridgehead atoms. The van der Waals surface area contributed by atoms with Gasteiger partial charge in [-0.15, -0.1) is 0 Å². The Hall–Kier alpha value is -3.27. The molecule has 10 heteroatoms. The Kier molecular flexibility index (Phi) is 5.96. The largest absolute Gasteiger partial charge is 0.416 e. The van der Waals surface area contributed by atoms with Crippen molar-refractivity contribution < 1.29 is 26.9 Å². The first-order valence-corrected chi connectivity index (χ1v) is 10.0. The van der Waals surface area contributed by atoms with Gasteiger partial charge in [0.15, 0.2) is 0 Å². The summed E-state index contributed by atoms with van der Waals surface area (Å²) in [7, 11) is 0. The van der Waals surface area contributed by atoms with Crippen molar-refractivity contribution in [2.45, 2.75) is 19.1 Å². The van der Waals surface area contributed by atoms with Gasteiger partial charge in [0.05, 0.1) is 11.6 Å². The summed E-state index contributed by atoms with van der Waals surface area (Å²) in [6.45, 7) is 3.90. The lowest BCUT2D eigenvalue weighted by Gasteiger charge is -2.36. The van der Waals surface area contributed by atoms with Crippen molar-refractivity contribution in [1.29, 1.82) is 0 Å². The van der Waals surface area contributed by atoms with Gasteiger partial charge in [0.1, 0.15) is 5.82 Å². The Morgan fingerprint density at radius 1 is 1.06 bits per heavy atom. The van der Waals surface area contributed by atoms with Gasteiger partial charge >= 0.3 is 6.18 Å². The maximum Gasteiger partial charge on any atom is 0.416 e. The average molecular weight is 448 g/mol. The number of halogens is 4. The van der Waals surface area contributed by atoms with Crippen molar-refractivity contribution in [3.05, 3.63) is 71.4 Å². The number of aromatic nitrogens is 2. The zero-order valence-corrected chi connectivity index (χ0v) is 17.1. The molecule has 1 saturated heterocycles. The Bertz CT molecular complexity index is 1090. The van der Waals surface area contributed by atoms with Crippen LogP contribution in [-0.2, 0) is 6.18 Å². The van der Waals surface area contributed by atoms with Gasteiger partial charge in [-0.1, -0.05) is 17.3 Å². The minimum atomic E-state index is -4.46. The fourth-order valence-corrected chi connectivity index (χ4v) is 3.60. The summed E-state index contributed by atoms with van der Waals surface area (Å²) in [6.07, 6.45) is -4.46. The maximum absolute atomic E-state index is 13.1. The van der Waals surface area contributed by atoms with E-state index in [0.29, 0.717) is 31.7 Å². The summed E-state index contributed by atoms with van der Waals surface area (Å²) in [5.41, 5.74) is -0.136. The molecule has 1 unspecified atom stereocenters. The third kappa shape index (κ3) is 4.64. The first-order chi connectivity index (χ1) is 15.2. The molecule has 0 radical (unpaired) electrons. The number of amides is 1. The van der Waals surface area contributed by atoms with Crippen molar-refractivity contribution in [2.24, 2.45) is 0 Å². The van der Waals surface area contributed by atoms with Gasteiger partial charge in [-0.05, 0) is 43.3 Å². The van der Waals surface area contributed by atoms with Gasteiger partial charge in [0.2, 0.25) is 11.7 Å². The van der Waals surface area contributed by atoms with Gasteiger partial charge in [-0.25, -0.2) is 4.39 Å². The number of hydrogen-bond acceptors (Lipinski definition) is 5. The summed E-state index contributed by atoms with van der Waals surface area (Å²) < 4.78 is 57.3. The number of hydrogen-bond donors (Lipinski definition) is 0. The molecule has 3 aromatic rings. The number of piperazine rings is 1. The van der Waals surface area contributed by atoms with Gasteiger partial charge in [-0.2, -0.15) is 18.2 Å². The Labute approximate surface area is 181 Å². The molecule has 2 heterocycles. The highest BCUT2D eigenvalue weighted by Crippen LogP contribution is 2.32. The highest BCUT2D eigenvalue weighted by molar-refractivity contribution is 5.94. The molecule has 1 aromatic heterocycles. The average Bonchev–Trinajstić information content (AvgIpc) is 3.29. The molecule has 4 rings (SSSR count). The summed E-state index contributed by atoms with van der Waals surface area (Å²) in [5.74, 6) is -0.190. The van der Waals surface area contributed by atoms with Crippen LogP contribution < -0.4 is 0 Å². The standard InChI is InChI=1S/C22H20F4N4O2/c1-14(20-27-19(28-32-20)16-3-2-4-17(13-16)22(24,25)26)29-9-11-30(12-10-29)21(31)15-5-7-18(23)8-6-15/h2-8,13-14H,9-12H2,1H3. The molecule has 1 aliphatic heterocycles. The van der Waals surface area contributed by atoms with Crippen molar-refractivity contribution in [3.8, 4) is 11.4 Å². The molecule has 0 aliphatic carbocycles. The van der Waals surface area contributed by atoms with Crippen LogP contribution in [-0.4, -0.2) is 52.0 Å². The van der Waals surface area contributed by atoms with E-state index in [-0.39, 0.29) is 29.2 Å². The van der Waals surface area contributed by atoms with Gasteiger partial charge in [0.25, 0.3) is 5.91 Å². The minimum Gasteiger partial charge on any atom is -0.337 e. The molecule has 0 saturated carbocycles. The molecule has 32 heavy (non-hydrogen) atoms. The molecule has 1 aliphatic rings. The lowest BCUT2D eigenvalue weighted by atomic mass is 10.1. The molecular weight excluding hydrogens is 428 g/mol. The predicted octanol–water partition coefficient (Wildman–Crippen LogP) is 4.41. The third-order valence-electron chi connectivity index (χ3n) is 5.49. The highest BCUT2D eigenvalue weighted by atomic mass is 19.4. The summed E-state index contributed by atoms with van der Waals surface area (Å²) in [6, 6.07) is 9.92. The van der Waals surface area contributed by atoms with Crippen molar-refractivity contribution in [2.75, 3.05) is 26.2 Å². The number of nitrogens with zero attached hydrogens (tertiary/aromatic N) is 4. The van der Waals surface area contributed by atoms with Crippen LogP contribution in [0.3, 0.4) is 0 Å². The number of alkyl halides is 3. The van der Waals surface area contributed by atoms with Crippen LogP contribution in [0.15, 0.2) is 53.1 Å². The van der Waals surface area contributed by atoms with E-state index in [0.717, 1.165) is 12.1 Å². The molecule has 0 N–H and O–H groups in total. The lowest BCUT2D eigenvalue weighted by molar-refractivity contribution is -0.137. The number of carbonyl (C=O) groups excluding carboxylic acids is 1. The summed E-state index contributed by atoms with van der Waals surface area (Å²) >= 11 is 0. The Balaban J connectivity index is 1.40. The highest BCUT2D eigenvalue weighted by Gasteiger charge is 2.31. The SMILES string of the molecule is CC(c1nc(-c2cccc(C(F)(F)F)c2)no1)N1CCN(C(=O)c2ccc(F)cc2)CC1. The normalized spacial score (nSPS) is 16.2. The van der Waals surface area contributed by atoms with Crippen molar-refractivity contribution in [3.63, 3.8) is 0 Å². The van der Waals surface area contributed by atoms with E-state index in [9.17, 15) is 22.4 Å².